The molecule has 0 spiro atoms. The van der Waals surface area contributed by atoms with Crippen LogP contribution in [-0.2, 0) is 16.4 Å². The molecule has 0 atom stereocenters. The molecule has 2 rings (SSSR count). The van der Waals surface area contributed by atoms with Gasteiger partial charge in [-0.1, -0.05) is 19.1 Å². The maximum absolute atomic E-state index is 13.2. The highest BCUT2D eigenvalue weighted by Gasteiger charge is 2.16. The number of halogens is 1. The fourth-order valence-corrected chi connectivity index (χ4v) is 3.00. The van der Waals surface area contributed by atoms with Crippen molar-refractivity contribution in [1.82, 2.24) is 0 Å². The summed E-state index contributed by atoms with van der Waals surface area (Å²) < 4.78 is 37.2. The molecule has 0 saturated heterocycles. The molecule has 0 unspecified atom stereocenters. The molecule has 0 aromatic heterocycles. The second-order valence-electron chi connectivity index (χ2n) is 4.53. The van der Waals surface area contributed by atoms with Gasteiger partial charge in [0, 0.05) is 12.1 Å². The van der Waals surface area contributed by atoms with Crippen molar-refractivity contribution in [2.75, 3.05) is 11.1 Å². The summed E-state index contributed by atoms with van der Waals surface area (Å²) in [6, 6.07) is 10.1. The van der Waals surface area contributed by atoms with Crippen LogP contribution in [0.4, 0.5) is 10.1 Å². The lowest BCUT2D eigenvalue weighted by Gasteiger charge is -2.12. The zero-order valence-electron chi connectivity index (χ0n) is 11.5. The third-order valence-corrected chi connectivity index (χ3v) is 4.90. The first-order chi connectivity index (χ1) is 9.94. The third-order valence-electron chi connectivity index (χ3n) is 3.11. The molecule has 21 heavy (non-hydrogen) atoms. The predicted molar refractivity (Wildman–Crippen MR) is 79.6 cm³/mol. The van der Waals surface area contributed by atoms with Crippen molar-refractivity contribution in [2.45, 2.75) is 18.4 Å². The normalized spacial score (nSPS) is 11.3. The minimum Gasteiger partial charge on any atom is -0.508 e. The third kappa shape index (κ3) is 3.52. The summed E-state index contributed by atoms with van der Waals surface area (Å²) in [5.74, 6) is -0.504. The lowest BCUT2D eigenvalue weighted by molar-refractivity contribution is 0.466. The van der Waals surface area contributed by atoms with E-state index < -0.39 is 15.7 Å². The Labute approximate surface area is 123 Å². The van der Waals surface area contributed by atoms with Crippen LogP contribution in [0, 0.1) is 5.82 Å². The summed E-state index contributed by atoms with van der Waals surface area (Å²) in [4.78, 5) is 0.198. The first-order valence-corrected chi connectivity index (χ1v) is 8.12. The zero-order chi connectivity index (χ0) is 15.5. The van der Waals surface area contributed by atoms with Crippen LogP contribution in [-0.4, -0.2) is 19.3 Å². The van der Waals surface area contributed by atoms with E-state index in [4.69, 9.17) is 0 Å². The van der Waals surface area contributed by atoms with E-state index in [0.29, 0.717) is 11.3 Å². The fraction of sp³-hybridized carbons (Fsp3) is 0.200. The van der Waals surface area contributed by atoms with Crippen LogP contribution in [0.15, 0.2) is 47.4 Å². The number of aromatic hydroxyl groups is 1. The fourth-order valence-electron chi connectivity index (χ4n) is 1.93. The van der Waals surface area contributed by atoms with Gasteiger partial charge in [-0.2, -0.15) is 0 Å². The van der Waals surface area contributed by atoms with E-state index in [0.717, 1.165) is 6.07 Å². The van der Waals surface area contributed by atoms with Crippen LogP contribution in [0.1, 0.15) is 12.5 Å². The van der Waals surface area contributed by atoms with Gasteiger partial charge in [0.25, 0.3) is 0 Å². The molecule has 0 aliphatic rings. The highest BCUT2D eigenvalue weighted by molar-refractivity contribution is 7.91. The van der Waals surface area contributed by atoms with Crippen LogP contribution in [0.2, 0.25) is 0 Å². The number of nitrogens with one attached hydrogen (secondary N) is 1. The van der Waals surface area contributed by atoms with Gasteiger partial charge in [-0.15, -0.1) is 0 Å². The summed E-state index contributed by atoms with van der Waals surface area (Å²) in [6.45, 7) is 1.70. The van der Waals surface area contributed by atoms with Gasteiger partial charge in [0.1, 0.15) is 11.6 Å². The molecule has 2 N–H and O–H groups in total. The molecule has 0 fully saturated rings. The monoisotopic (exact) mass is 309 g/mol. The molecule has 0 heterocycles. The minimum atomic E-state index is -3.35. The SMILES string of the molecule is CCS(=O)(=O)c1ccccc1NCc1cc(F)ccc1O. The van der Waals surface area contributed by atoms with Crippen molar-refractivity contribution in [3.05, 3.63) is 53.8 Å². The Morgan fingerprint density at radius 3 is 2.62 bits per heavy atom. The lowest BCUT2D eigenvalue weighted by atomic mass is 10.2. The predicted octanol–water partition coefficient (Wildman–Crippen LogP) is 2.94. The van der Waals surface area contributed by atoms with Gasteiger partial charge in [0.2, 0.25) is 0 Å². The number of sulfone groups is 1. The van der Waals surface area contributed by atoms with Crippen molar-refractivity contribution >= 4 is 15.5 Å². The van der Waals surface area contributed by atoms with E-state index in [9.17, 15) is 17.9 Å². The minimum absolute atomic E-state index is 0.00307. The van der Waals surface area contributed by atoms with Crippen LogP contribution in [0.5, 0.6) is 5.75 Å². The van der Waals surface area contributed by atoms with Gasteiger partial charge in [0.05, 0.1) is 16.3 Å². The second kappa shape index (κ2) is 6.13. The largest absolute Gasteiger partial charge is 0.508 e. The average Bonchev–Trinajstić information content (AvgIpc) is 2.48. The number of phenolic OH excluding ortho intramolecular Hbond substituents is 1. The number of rotatable bonds is 5. The quantitative estimate of drug-likeness (QED) is 0.891. The topological polar surface area (TPSA) is 66.4 Å². The van der Waals surface area contributed by atoms with Crippen molar-refractivity contribution in [2.24, 2.45) is 0 Å². The summed E-state index contributed by atoms with van der Waals surface area (Å²) in [7, 11) is -3.35. The Hall–Kier alpha value is -2.08. The number of para-hydroxylation sites is 1. The summed E-state index contributed by atoms with van der Waals surface area (Å²) in [5, 5.41) is 12.6. The number of anilines is 1. The van der Waals surface area contributed by atoms with Crippen LogP contribution >= 0.6 is 0 Å². The van der Waals surface area contributed by atoms with Crippen LogP contribution in [0.3, 0.4) is 0 Å². The van der Waals surface area contributed by atoms with Gasteiger partial charge in [-0.25, -0.2) is 12.8 Å². The Balaban J connectivity index is 2.27. The molecule has 0 aliphatic heterocycles. The van der Waals surface area contributed by atoms with E-state index >= 15 is 0 Å². The maximum atomic E-state index is 13.2. The molecule has 0 amide bonds. The van der Waals surface area contributed by atoms with E-state index in [1.54, 1.807) is 25.1 Å². The molecular weight excluding hydrogens is 293 g/mol. The lowest BCUT2D eigenvalue weighted by Crippen LogP contribution is -2.09. The number of hydrogen-bond donors (Lipinski definition) is 2. The highest BCUT2D eigenvalue weighted by Crippen LogP contribution is 2.24. The van der Waals surface area contributed by atoms with Crippen molar-refractivity contribution < 1.29 is 17.9 Å². The van der Waals surface area contributed by atoms with Gasteiger partial charge in [0.15, 0.2) is 9.84 Å². The summed E-state index contributed by atoms with van der Waals surface area (Å²) in [6.07, 6.45) is 0. The Bertz CT molecular complexity index is 744. The zero-order valence-corrected chi connectivity index (χ0v) is 12.3. The molecule has 112 valence electrons. The van der Waals surface area contributed by atoms with Crippen molar-refractivity contribution in [3.63, 3.8) is 0 Å². The summed E-state index contributed by atoms with van der Waals surface area (Å²) >= 11 is 0. The smallest absolute Gasteiger partial charge is 0.180 e. The van der Waals surface area contributed by atoms with Crippen molar-refractivity contribution in [1.29, 1.82) is 0 Å². The van der Waals surface area contributed by atoms with Crippen LogP contribution in [0.25, 0.3) is 0 Å². The standard InChI is InChI=1S/C15H16FNO3S/c1-2-21(19,20)15-6-4-3-5-13(15)17-10-11-9-12(16)7-8-14(11)18/h3-9,17-18H,2,10H2,1H3. The Kier molecular flexibility index (Phi) is 4.47. The Morgan fingerprint density at radius 2 is 1.90 bits per heavy atom. The second-order valence-corrected chi connectivity index (χ2v) is 6.77. The van der Waals surface area contributed by atoms with E-state index in [1.807, 2.05) is 0 Å². The Morgan fingerprint density at radius 1 is 1.19 bits per heavy atom. The maximum Gasteiger partial charge on any atom is 0.180 e. The molecule has 4 nitrogen and oxygen atoms in total. The molecule has 6 heteroatoms. The number of phenols is 1. The molecule has 0 saturated carbocycles. The first-order valence-electron chi connectivity index (χ1n) is 6.47. The molecule has 0 aliphatic carbocycles. The molecular formula is C15H16FNO3S. The summed E-state index contributed by atoms with van der Waals surface area (Å²) in [5.41, 5.74) is 0.793. The molecule has 2 aromatic carbocycles. The molecule has 0 radical (unpaired) electrons. The first kappa shape index (κ1) is 15.3. The van der Waals surface area contributed by atoms with E-state index in [2.05, 4.69) is 5.32 Å². The molecule has 0 bridgehead atoms. The highest BCUT2D eigenvalue weighted by atomic mass is 32.2. The van der Waals surface area contributed by atoms with E-state index in [1.165, 1.54) is 18.2 Å². The van der Waals surface area contributed by atoms with Crippen molar-refractivity contribution in [3.8, 4) is 5.75 Å². The number of benzene rings is 2. The van der Waals surface area contributed by atoms with Gasteiger partial charge in [-0.3, -0.25) is 0 Å². The van der Waals surface area contributed by atoms with Gasteiger partial charge < -0.3 is 10.4 Å². The van der Waals surface area contributed by atoms with Crippen LogP contribution < -0.4 is 5.32 Å². The van der Waals surface area contributed by atoms with Gasteiger partial charge >= 0.3 is 0 Å². The molecule has 2 aromatic rings. The van der Waals surface area contributed by atoms with E-state index in [-0.39, 0.29) is 22.9 Å². The number of hydrogen-bond acceptors (Lipinski definition) is 4. The van der Waals surface area contributed by atoms with Gasteiger partial charge in [-0.05, 0) is 30.3 Å². The average molecular weight is 309 g/mol.